The lowest BCUT2D eigenvalue weighted by atomic mass is 9.99. The number of nitrogens with zero attached hydrogens (tertiary/aromatic N) is 2. The fourth-order valence-corrected chi connectivity index (χ4v) is 3.58. The summed E-state index contributed by atoms with van der Waals surface area (Å²) in [5.74, 6) is -0.382. The molecule has 0 saturated carbocycles. The SMILES string of the molecule is CCC1CCCCN1C(=O)c1cccc(C(=O)Nc2cc(C)ccc2C)n1. The van der Waals surface area contributed by atoms with Crippen LogP contribution in [0.25, 0.3) is 0 Å². The Hall–Kier alpha value is -2.69. The lowest BCUT2D eigenvalue weighted by molar-refractivity contribution is 0.0602. The van der Waals surface area contributed by atoms with Crippen molar-refractivity contribution in [1.29, 1.82) is 0 Å². The molecule has 1 fully saturated rings. The smallest absolute Gasteiger partial charge is 0.274 e. The molecule has 0 aliphatic carbocycles. The van der Waals surface area contributed by atoms with Crippen LogP contribution in [0.4, 0.5) is 5.69 Å². The maximum absolute atomic E-state index is 12.9. The third kappa shape index (κ3) is 4.35. The van der Waals surface area contributed by atoms with Gasteiger partial charge in [0.25, 0.3) is 11.8 Å². The Morgan fingerprint density at radius 1 is 1.15 bits per heavy atom. The third-order valence-electron chi connectivity index (χ3n) is 5.20. The minimum atomic E-state index is -0.302. The maximum atomic E-state index is 12.9. The number of carbonyl (C=O) groups excluding carboxylic acids is 2. The summed E-state index contributed by atoms with van der Waals surface area (Å²) >= 11 is 0. The number of hydrogen-bond donors (Lipinski definition) is 1. The average Bonchev–Trinajstić information content (AvgIpc) is 2.70. The molecule has 1 saturated heterocycles. The molecule has 5 nitrogen and oxygen atoms in total. The van der Waals surface area contributed by atoms with Gasteiger partial charge < -0.3 is 10.2 Å². The first-order chi connectivity index (χ1) is 13.0. The lowest BCUT2D eigenvalue weighted by Crippen LogP contribution is -2.43. The second kappa shape index (κ2) is 8.33. The van der Waals surface area contributed by atoms with E-state index in [2.05, 4.69) is 17.2 Å². The van der Waals surface area contributed by atoms with Crippen LogP contribution in [0, 0.1) is 13.8 Å². The summed E-state index contributed by atoms with van der Waals surface area (Å²) in [4.78, 5) is 31.9. The number of benzene rings is 1. The molecule has 1 aliphatic rings. The van der Waals surface area contributed by atoms with Crippen LogP contribution in [0.15, 0.2) is 36.4 Å². The first-order valence-corrected chi connectivity index (χ1v) is 9.66. The molecular formula is C22H27N3O2. The monoisotopic (exact) mass is 365 g/mol. The third-order valence-corrected chi connectivity index (χ3v) is 5.20. The summed E-state index contributed by atoms with van der Waals surface area (Å²) in [6, 6.07) is 11.2. The molecule has 5 heteroatoms. The van der Waals surface area contributed by atoms with Crippen molar-refractivity contribution in [1.82, 2.24) is 9.88 Å². The first-order valence-electron chi connectivity index (χ1n) is 9.66. The van der Waals surface area contributed by atoms with Gasteiger partial charge in [-0.05, 0) is 68.9 Å². The van der Waals surface area contributed by atoms with E-state index in [-0.39, 0.29) is 23.6 Å². The van der Waals surface area contributed by atoms with E-state index in [9.17, 15) is 9.59 Å². The molecule has 1 N–H and O–H groups in total. The van der Waals surface area contributed by atoms with Crippen LogP contribution in [-0.4, -0.2) is 34.3 Å². The number of likely N-dealkylation sites (tertiary alicyclic amines) is 1. The number of anilines is 1. The van der Waals surface area contributed by atoms with Crippen molar-refractivity contribution in [2.24, 2.45) is 0 Å². The Kier molecular flexibility index (Phi) is 5.89. The molecule has 1 aliphatic heterocycles. The molecule has 0 radical (unpaired) electrons. The Bertz CT molecular complexity index is 847. The first kappa shape index (κ1) is 19.1. The molecule has 142 valence electrons. The molecule has 1 atom stereocenters. The van der Waals surface area contributed by atoms with E-state index in [4.69, 9.17) is 0 Å². The Balaban J connectivity index is 1.79. The molecule has 1 aromatic carbocycles. The number of pyridine rings is 1. The van der Waals surface area contributed by atoms with E-state index in [0.717, 1.165) is 49.0 Å². The number of hydrogen-bond acceptors (Lipinski definition) is 3. The van der Waals surface area contributed by atoms with Gasteiger partial charge in [0.1, 0.15) is 11.4 Å². The second-order valence-corrected chi connectivity index (χ2v) is 7.24. The van der Waals surface area contributed by atoms with E-state index in [0.29, 0.717) is 5.69 Å². The zero-order chi connectivity index (χ0) is 19.4. The van der Waals surface area contributed by atoms with Crippen LogP contribution < -0.4 is 5.32 Å². The highest BCUT2D eigenvalue weighted by Crippen LogP contribution is 2.22. The number of rotatable bonds is 4. The minimum Gasteiger partial charge on any atom is -0.334 e. The summed E-state index contributed by atoms with van der Waals surface area (Å²) in [7, 11) is 0. The molecule has 2 amide bonds. The van der Waals surface area contributed by atoms with E-state index < -0.39 is 0 Å². The number of nitrogens with one attached hydrogen (secondary N) is 1. The minimum absolute atomic E-state index is 0.0806. The van der Waals surface area contributed by atoms with Gasteiger partial charge in [0.2, 0.25) is 0 Å². The highest BCUT2D eigenvalue weighted by Gasteiger charge is 2.27. The van der Waals surface area contributed by atoms with E-state index in [1.807, 2.05) is 36.9 Å². The molecule has 0 bridgehead atoms. The van der Waals surface area contributed by atoms with Crippen molar-refractivity contribution in [2.45, 2.75) is 52.5 Å². The maximum Gasteiger partial charge on any atom is 0.274 e. The number of carbonyl (C=O) groups is 2. The van der Waals surface area contributed by atoms with Gasteiger partial charge in [0.15, 0.2) is 0 Å². The van der Waals surface area contributed by atoms with E-state index in [1.165, 1.54) is 0 Å². The number of aryl methyl sites for hydroxylation is 2. The quantitative estimate of drug-likeness (QED) is 0.876. The topological polar surface area (TPSA) is 62.3 Å². The van der Waals surface area contributed by atoms with Crippen molar-refractivity contribution in [2.75, 3.05) is 11.9 Å². The van der Waals surface area contributed by atoms with Gasteiger partial charge in [0, 0.05) is 18.3 Å². The highest BCUT2D eigenvalue weighted by molar-refractivity contribution is 6.04. The molecule has 0 spiro atoms. The predicted molar refractivity (Wildman–Crippen MR) is 107 cm³/mol. The van der Waals surface area contributed by atoms with Crippen molar-refractivity contribution in [3.05, 3.63) is 58.9 Å². The van der Waals surface area contributed by atoms with Crippen LogP contribution in [0.1, 0.15) is 64.7 Å². The van der Waals surface area contributed by atoms with Gasteiger partial charge in [-0.15, -0.1) is 0 Å². The lowest BCUT2D eigenvalue weighted by Gasteiger charge is -2.35. The molecule has 1 unspecified atom stereocenters. The summed E-state index contributed by atoms with van der Waals surface area (Å²) in [5.41, 5.74) is 3.42. The van der Waals surface area contributed by atoms with Crippen LogP contribution in [-0.2, 0) is 0 Å². The van der Waals surface area contributed by atoms with Crippen molar-refractivity contribution < 1.29 is 9.59 Å². The Morgan fingerprint density at radius 3 is 2.70 bits per heavy atom. The number of piperidine rings is 1. The molecule has 2 aromatic rings. The summed E-state index contributed by atoms with van der Waals surface area (Å²) in [5, 5.41) is 2.91. The second-order valence-electron chi connectivity index (χ2n) is 7.24. The van der Waals surface area contributed by atoms with Crippen molar-refractivity contribution >= 4 is 17.5 Å². The fraction of sp³-hybridized carbons (Fsp3) is 0.409. The van der Waals surface area contributed by atoms with Gasteiger partial charge in [-0.25, -0.2) is 4.98 Å². The molecule has 3 rings (SSSR count). The molecular weight excluding hydrogens is 338 g/mol. The van der Waals surface area contributed by atoms with Gasteiger partial charge >= 0.3 is 0 Å². The summed E-state index contributed by atoms with van der Waals surface area (Å²) < 4.78 is 0. The van der Waals surface area contributed by atoms with Gasteiger partial charge in [0.05, 0.1) is 0 Å². The zero-order valence-corrected chi connectivity index (χ0v) is 16.3. The normalized spacial score (nSPS) is 16.9. The Labute approximate surface area is 160 Å². The molecule has 1 aromatic heterocycles. The number of amides is 2. The van der Waals surface area contributed by atoms with Crippen LogP contribution in [0.2, 0.25) is 0 Å². The van der Waals surface area contributed by atoms with Crippen LogP contribution >= 0.6 is 0 Å². The average molecular weight is 365 g/mol. The van der Waals surface area contributed by atoms with Crippen molar-refractivity contribution in [3.63, 3.8) is 0 Å². The van der Waals surface area contributed by atoms with E-state index >= 15 is 0 Å². The fourth-order valence-electron chi connectivity index (χ4n) is 3.58. The summed E-state index contributed by atoms with van der Waals surface area (Å²) in [6.45, 7) is 6.80. The predicted octanol–water partition coefficient (Wildman–Crippen LogP) is 4.36. The number of aromatic nitrogens is 1. The van der Waals surface area contributed by atoms with Crippen molar-refractivity contribution in [3.8, 4) is 0 Å². The molecule has 27 heavy (non-hydrogen) atoms. The largest absolute Gasteiger partial charge is 0.334 e. The van der Waals surface area contributed by atoms with Crippen LogP contribution in [0.5, 0.6) is 0 Å². The van der Waals surface area contributed by atoms with E-state index in [1.54, 1.807) is 18.2 Å². The summed E-state index contributed by atoms with van der Waals surface area (Å²) in [6.07, 6.45) is 4.16. The van der Waals surface area contributed by atoms with Gasteiger partial charge in [-0.2, -0.15) is 0 Å². The van der Waals surface area contributed by atoms with Gasteiger partial charge in [-0.1, -0.05) is 25.1 Å². The molecule has 2 heterocycles. The standard InChI is InChI=1S/C22H27N3O2/c1-4-17-8-5-6-13-25(17)22(27)19-10-7-9-18(23-19)21(26)24-20-14-15(2)11-12-16(20)3/h7,9-12,14,17H,4-6,8,13H2,1-3H3,(H,24,26). The zero-order valence-electron chi connectivity index (χ0n) is 16.3. The Morgan fingerprint density at radius 2 is 1.93 bits per heavy atom. The van der Waals surface area contributed by atoms with Gasteiger partial charge in [-0.3, -0.25) is 9.59 Å². The highest BCUT2D eigenvalue weighted by atomic mass is 16.2. The van der Waals surface area contributed by atoms with Crippen LogP contribution in [0.3, 0.4) is 0 Å².